The second-order valence-electron chi connectivity index (χ2n) is 9.59. The summed E-state index contributed by atoms with van der Waals surface area (Å²) in [6, 6.07) is 8.51. The molecule has 39 heavy (non-hydrogen) atoms. The highest BCUT2D eigenvalue weighted by atomic mass is 32.2. The van der Waals surface area contributed by atoms with Crippen LogP contribution in [0, 0.1) is 31.0 Å². The molecule has 2 atom stereocenters. The molecule has 210 valence electrons. The van der Waals surface area contributed by atoms with E-state index >= 15 is 0 Å². The van der Waals surface area contributed by atoms with Crippen molar-refractivity contribution in [3.05, 3.63) is 70.1 Å². The lowest BCUT2D eigenvalue weighted by atomic mass is 9.94. The number of hydrogen-bond acceptors (Lipinski definition) is 7. The Morgan fingerprint density at radius 3 is 2.49 bits per heavy atom. The second kappa shape index (κ2) is 11.3. The third kappa shape index (κ3) is 6.48. The van der Waals surface area contributed by atoms with Crippen molar-refractivity contribution in [2.24, 2.45) is 5.92 Å². The molecule has 13 heteroatoms. The Balaban J connectivity index is 1.71. The minimum Gasteiger partial charge on any atom is -0.355 e. The van der Waals surface area contributed by atoms with Gasteiger partial charge in [0, 0.05) is 55.4 Å². The summed E-state index contributed by atoms with van der Waals surface area (Å²) in [6.45, 7) is 4.42. The smallest absolute Gasteiger partial charge is 0.355 e. The molecule has 2 N–H and O–H groups in total. The number of rotatable bonds is 8. The van der Waals surface area contributed by atoms with E-state index in [4.69, 9.17) is 5.41 Å². The summed E-state index contributed by atoms with van der Waals surface area (Å²) in [5, 5.41) is 11.7. The molecule has 0 amide bonds. The highest BCUT2D eigenvalue weighted by Crippen LogP contribution is 2.37. The maximum absolute atomic E-state index is 13.5. The molecule has 1 aliphatic heterocycles. The lowest BCUT2D eigenvalue weighted by molar-refractivity contribution is -0.176. The van der Waals surface area contributed by atoms with Crippen LogP contribution in [0.25, 0.3) is 0 Å². The van der Waals surface area contributed by atoms with Gasteiger partial charge in [-0.3, -0.25) is 4.90 Å². The second-order valence-corrected chi connectivity index (χ2v) is 13.0. The van der Waals surface area contributed by atoms with Gasteiger partial charge in [0.15, 0.2) is 4.21 Å². The molecular formula is C26H29F4N5O2S2. The number of benzene rings is 2. The largest absolute Gasteiger partial charge is 0.392 e. The van der Waals surface area contributed by atoms with E-state index < -0.39 is 34.0 Å². The Labute approximate surface area is 229 Å². The van der Waals surface area contributed by atoms with Crippen LogP contribution in [-0.2, 0) is 10.0 Å². The number of halogens is 4. The van der Waals surface area contributed by atoms with Crippen molar-refractivity contribution in [1.82, 2.24) is 14.2 Å². The number of aryl methyl sites for hydroxylation is 2. The van der Waals surface area contributed by atoms with Crippen molar-refractivity contribution >= 4 is 38.9 Å². The number of thiazole rings is 1. The Bertz CT molecular complexity index is 1440. The molecule has 7 nitrogen and oxygen atoms in total. The van der Waals surface area contributed by atoms with Crippen LogP contribution in [0.4, 0.5) is 28.9 Å². The van der Waals surface area contributed by atoms with Crippen molar-refractivity contribution in [2.75, 3.05) is 31.5 Å². The molecule has 0 saturated carbocycles. The first-order chi connectivity index (χ1) is 18.3. The number of aromatic nitrogens is 1. The van der Waals surface area contributed by atoms with Crippen molar-refractivity contribution < 1.29 is 26.0 Å². The predicted octanol–water partition coefficient (Wildman–Crippen LogP) is 5.89. The molecule has 0 bridgehead atoms. The van der Waals surface area contributed by atoms with Crippen molar-refractivity contribution in [2.45, 2.75) is 37.2 Å². The molecule has 0 aliphatic carbocycles. The fourth-order valence-corrected chi connectivity index (χ4v) is 7.29. The number of nitrogens with zero attached hydrogens (tertiary/aromatic N) is 3. The standard InChI is InChI=1S/C26H29F4N5O2S2/c1-16-10-23(33-21-6-4-20(27)5-7-21)19(12-31)11-22(16)24-15-35(39(36,37)25-13-32-18(3)38-25)9-8-34(24)14-17(2)26(28,29)30/h4-7,10-13,17,24,31,33H,8-9,14-15H2,1-3H3/t17?,24-/m1/s1. The van der Waals surface area contributed by atoms with Crippen LogP contribution in [0.15, 0.2) is 46.8 Å². The first kappa shape index (κ1) is 29.1. The number of nitrogens with one attached hydrogen (secondary N) is 2. The zero-order valence-electron chi connectivity index (χ0n) is 21.6. The summed E-state index contributed by atoms with van der Waals surface area (Å²) >= 11 is 1.05. The topological polar surface area (TPSA) is 89.4 Å². The lowest BCUT2D eigenvalue weighted by Gasteiger charge is -2.42. The van der Waals surface area contributed by atoms with Crippen LogP contribution in [0.3, 0.4) is 0 Å². The molecule has 1 aliphatic rings. The van der Waals surface area contributed by atoms with Crippen LogP contribution in [0.2, 0.25) is 0 Å². The molecule has 1 saturated heterocycles. The van der Waals surface area contributed by atoms with E-state index in [1.165, 1.54) is 22.6 Å². The Hall–Kier alpha value is -2.87. The first-order valence-electron chi connectivity index (χ1n) is 12.2. The zero-order valence-corrected chi connectivity index (χ0v) is 23.2. The Morgan fingerprint density at radius 2 is 1.90 bits per heavy atom. The monoisotopic (exact) mass is 583 g/mol. The lowest BCUT2D eigenvalue weighted by Crippen LogP contribution is -2.52. The van der Waals surface area contributed by atoms with E-state index in [0.29, 0.717) is 33.1 Å². The molecular weight excluding hydrogens is 554 g/mol. The van der Waals surface area contributed by atoms with E-state index in [9.17, 15) is 26.0 Å². The Kier molecular flexibility index (Phi) is 8.45. The molecule has 4 rings (SSSR count). The highest BCUT2D eigenvalue weighted by Gasteiger charge is 2.42. The van der Waals surface area contributed by atoms with Gasteiger partial charge in [-0.2, -0.15) is 17.5 Å². The minimum absolute atomic E-state index is 0.0427. The quantitative estimate of drug-likeness (QED) is 0.255. The zero-order chi connectivity index (χ0) is 28.5. The normalized spacial score (nSPS) is 18.2. The van der Waals surface area contributed by atoms with Gasteiger partial charge >= 0.3 is 6.18 Å². The van der Waals surface area contributed by atoms with Crippen LogP contribution in [0.5, 0.6) is 0 Å². The van der Waals surface area contributed by atoms with Gasteiger partial charge in [-0.1, -0.05) is 6.92 Å². The molecule has 1 aromatic heterocycles. The van der Waals surface area contributed by atoms with Crippen LogP contribution in [-0.4, -0.2) is 61.2 Å². The van der Waals surface area contributed by atoms with E-state index in [-0.39, 0.29) is 30.4 Å². The van der Waals surface area contributed by atoms with Gasteiger partial charge in [-0.15, -0.1) is 11.3 Å². The first-order valence-corrected chi connectivity index (χ1v) is 14.5. The molecule has 0 radical (unpaired) electrons. The summed E-state index contributed by atoms with van der Waals surface area (Å²) in [6.07, 6.45) is -1.97. The fraction of sp³-hybridized carbons (Fsp3) is 0.385. The van der Waals surface area contributed by atoms with Crippen molar-refractivity contribution in [1.29, 1.82) is 5.41 Å². The van der Waals surface area contributed by atoms with Gasteiger partial charge in [-0.05, 0) is 61.4 Å². The molecule has 2 aromatic carbocycles. The predicted molar refractivity (Wildman–Crippen MR) is 144 cm³/mol. The maximum Gasteiger partial charge on any atom is 0.392 e. The molecule has 3 aromatic rings. The van der Waals surface area contributed by atoms with Gasteiger partial charge < -0.3 is 10.7 Å². The summed E-state index contributed by atoms with van der Waals surface area (Å²) in [7, 11) is -3.89. The van der Waals surface area contributed by atoms with E-state index in [1.807, 2.05) is 0 Å². The molecule has 1 unspecified atom stereocenters. The van der Waals surface area contributed by atoms with Crippen molar-refractivity contribution in [3.63, 3.8) is 0 Å². The van der Waals surface area contributed by atoms with E-state index in [1.54, 1.807) is 43.0 Å². The summed E-state index contributed by atoms with van der Waals surface area (Å²) in [5.41, 5.74) is 2.97. The SMILES string of the molecule is Cc1ncc(S(=O)(=O)N2CCN(CC(C)C(F)(F)F)[C@@H](c3cc(C=N)c(Nc4ccc(F)cc4)cc3C)C2)s1. The van der Waals surface area contributed by atoms with Gasteiger partial charge in [0.1, 0.15) is 5.82 Å². The van der Waals surface area contributed by atoms with Crippen molar-refractivity contribution in [3.8, 4) is 0 Å². The van der Waals surface area contributed by atoms with E-state index in [2.05, 4.69) is 10.3 Å². The summed E-state index contributed by atoms with van der Waals surface area (Å²) < 4.78 is 82.0. The molecule has 2 heterocycles. The van der Waals surface area contributed by atoms with Gasteiger partial charge in [0.25, 0.3) is 10.0 Å². The minimum atomic E-state index is -4.40. The van der Waals surface area contributed by atoms with E-state index in [0.717, 1.165) is 24.5 Å². The van der Waals surface area contributed by atoms with Crippen LogP contribution in [0.1, 0.15) is 34.7 Å². The number of piperazine rings is 1. The van der Waals surface area contributed by atoms with Crippen LogP contribution >= 0.6 is 11.3 Å². The average molecular weight is 584 g/mol. The third-order valence-electron chi connectivity index (χ3n) is 6.79. The van der Waals surface area contributed by atoms with Crippen LogP contribution < -0.4 is 5.32 Å². The molecule has 0 spiro atoms. The fourth-order valence-electron chi connectivity index (χ4n) is 4.59. The average Bonchev–Trinajstić information content (AvgIpc) is 3.32. The number of hydrogen-bond donors (Lipinski definition) is 2. The number of alkyl halides is 3. The Morgan fingerprint density at radius 1 is 1.21 bits per heavy atom. The summed E-state index contributed by atoms with van der Waals surface area (Å²) in [5.74, 6) is -2.01. The van der Waals surface area contributed by atoms with Gasteiger partial charge in [0.2, 0.25) is 0 Å². The molecule has 1 fully saturated rings. The summed E-state index contributed by atoms with van der Waals surface area (Å²) in [4.78, 5) is 5.72. The number of sulfonamides is 1. The third-order valence-corrected chi connectivity index (χ3v) is 10.0. The van der Waals surface area contributed by atoms with Gasteiger partial charge in [0.05, 0.1) is 17.1 Å². The van der Waals surface area contributed by atoms with Gasteiger partial charge in [-0.25, -0.2) is 17.8 Å². The number of anilines is 2. The highest BCUT2D eigenvalue weighted by molar-refractivity contribution is 7.91. The maximum atomic E-state index is 13.5.